The number of benzene rings is 2. The maximum Gasteiger partial charge on any atom is 0.214 e. The van der Waals surface area contributed by atoms with Crippen LogP contribution in [0, 0.1) is 0 Å². The second-order valence-corrected chi connectivity index (χ2v) is 5.80. The van der Waals surface area contributed by atoms with Gasteiger partial charge in [-0.2, -0.15) is 4.57 Å². The highest BCUT2D eigenvalue weighted by atomic mass is 35.5. The molecule has 1 aromatic heterocycles. The van der Waals surface area contributed by atoms with E-state index in [1.807, 2.05) is 11.8 Å². The molecule has 2 nitrogen and oxygen atoms in total. The van der Waals surface area contributed by atoms with Crippen LogP contribution in [0.4, 0.5) is 11.4 Å². The molecule has 0 saturated carbocycles. The van der Waals surface area contributed by atoms with Crippen molar-refractivity contribution in [2.24, 2.45) is 7.05 Å². The molecule has 1 N–H and O–H groups in total. The summed E-state index contributed by atoms with van der Waals surface area (Å²) < 4.78 is 2.19. The predicted octanol–water partition coefficient (Wildman–Crippen LogP) is 0.876. The van der Waals surface area contributed by atoms with E-state index in [-0.39, 0.29) is 12.4 Å². The number of fused-ring (bicyclic) bond motifs is 4. The quantitative estimate of drug-likeness (QED) is 0.485. The molecule has 0 aliphatic carbocycles. The third kappa shape index (κ3) is 1.94. The zero-order valence-corrected chi connectivity index (χ0v) is 12.5. The SMILES string of the molecule is C[n+]1cc2c(c3ccccc31)Nc1ccccc1S2.[Cl-]. The van der Waals surface area contributed by atoms with Gasteiger partial charge < -0.3 is 17.7 Å². The van der Waals surface area contributed by atoms with Crippen molar-refractivity contribution < 1.29 is 17.0 Å². The van der Waals surface area contributed by atoms with E-state index in [9.17, 15) is 0 Å². The highest BCUT2D eigenvalue weighted by Gasteiger charge is 2.22. The van der Waals surface area contributed by atoms with Gasteiger partial charge in [0, 0.05) is 11.0 Å². The predicted molar refractivity (Wildman–Crippen MR) is 79.0 cm³/mol. The Hall–Kier alpha value is -1.71. The lowest BCUT2D eigenvalue weighted by Gasteiger charge is -2.20. The van der Waals surface area contributed by atoms with Crippen molar-refractivity contribution in [3.8, 4) is 0 Å². The number of aromatic nitrogens is 1. The zero-order chi connectivity index (χ0) is 12.8. The molecule has 4 rings (SSSR count). The molecule has 3 aromatic rings. The van der Waals surface area contributed by atoms with Gasteiger partial charge in [0.05, 0.1) is 16.8 Å². The van der Waals surface area contributed by atoms with E-state index >= 15 is 0 Å². The minimum atomic E-state index is 0. The molecule has 4 heteroatoms. The first-order valence-electron chi connectivity index (χ1n) is 6.28. The Morgan fingerprint density at radius 3 is 2.60 bits per heavy atom. The van der Waals surface area contributed by atoms with Crippen LogP contribution in [0.5, 0.6) is 0 Å². The van der Waals surface area contributed by atoms with Crippen LogP contribution in [-0.2, 0) is 7.05 Å². The molecule has 0 atom stereocenters. The van der Waals surface area contributed by atoms with Gasteiger partial charge in [0.1, 0.15) is 11.9 Å². The standard InChI is InChI=1S/C16H12N2S.ClH/c1-18-10-15-16(11-6-2-4-8-13(11)18)17-12-7-3-5-9-14(12)19-15;/h2-10H,1H3;1H. The van der Waals surface area contributed by atoms with E-state index in [1.165, 1.54) is 32.1 Å². The van der Waals surface area contributed by atoms with Crippen molar-refractivity contribution in [1.82, 2.24) is 0 Å². The van der Waals surface area contributed by atoms with E-state index < -0.39 is 0 Å². The smallest absolute Gasteiger partial charge is 0.214 e. The molecule has 0 amide bonds. The summed E-state index contributed by atoms with van der Waals surface area (Å²) >= 11 is 1.83. The largest absolute Gasteiger partial charge is 1.00 e. The van der Waals surface area contributed by atoms with Gasteiger partial charge in [0.25, 0.3) is 0 Å². The number of rotatable bonds is 0. The van der Waals surface area contributed by atoms with Crippen molar-refractivity contribution in [2.45, 2.75) is 9.79 Å². The lowest BCUT2D eigenvalue weighted by Crippen LogP contribution is -3.00. The molecular weight excluding hydrogens is 288 g/mol. The van der Waals surface area contributed by atoms with Crippen molar-refractivity contribution >= 4 is 34.0 Å². The van der Waals surface area contributed by atoms with Gasteiger partial charge in [-0.3, -0.25) is 0 Å². The molecule has 0 unspecified atom stereocenters. The second kappa shape index (κ2) is 5.00. The summed E-state index contributed by atoms with van der Waals surface area (Å²) in [7, 11) is 2.10. The second-order valence-electron chi connectivity index (χ2n) is 4.72. The number of hydrogen-bond donors (Lipinski definition) is 1. The average Bonchev–Trinajstić information content (AvgIpc) is 2.46. The van der Waals surface area contributed by atoms with Crippen molar-refractivity contribution in [3.63, 3.8) is 0 Å². The molecule has 1 aliphatic rings. The fourth-order valence-electron chi connectivity index (χ4n) is 2.55. The van der Waals surface area contributed by atoms with Gasteiger partial charge >= 0.3 is 0 Å². The van der Waals surface area contributed by atoms with Gasteiger partial charge in [-0.15, -0.1) is 0 Å². The minimum Gasteiger partial charge on any atom is -1.00 e. The first-order valence-corrected chi connectivity index (χ1v) is 7.10. The Morgan fingerprint density at radius 1 is 0.950 bits per heavy atom. The summed E-state index contributed by atoms with van der Waals surface area (Å²) in [4.78, 5) is 2.56. The van der Waals surface area contributed by atoms with E-state index in [0.29, 0.717) is 0 Å². The van der Waals surface area contributed by atoms with Gasteiger partial charge in [-0.05, 0) is 18.2 Å². The maximum absolute atomic E-state index is 3.58. The Bertz CT molecular complexity index is 802. The molecule has 0 fully saturated rings. The first-order chi connectivity index (χ1) is 9.33. The van der Waals surface area contributed by atoms with E-state index in [2.05, 4.69) is 71.7 Å². The molecule has 1 aliphatic heterocycles. The summed E-state index contributed by atoms with van der Waals surface area (Å²) in [6.45, 7) is 0. The molecule has 2 heterocycles. The number of anilines is 2. The van der Waals surface area contributed by atoms with Crippen LogP contribution in [0.2, 0.25) is 0 Å². The molecule has 0 spiro atoms. The molecule has 0 bridgehead atoms. The number of aryl methyl sites for hydroxylation is 1. The maximum atomic E-state index is 3.58. The fraction of sp³-hybridized carbons (Fsp3) is 0.0625. The van der Waals surface area contributed by atoms with Crippen molar-refractivity contribution in [1.29, 1.82) is 0 Å². The zero-order valence-electron chi connectivity index (χ0n) is 10.9. The highest BCUT2D eigenvalue weighted by molar-refractivity contribution is 7.99. The van der Waals surface area contributed by atoms with Gasteiger partial charge in [0.2, 0.25) is 5.52 Å². The van der Waals surface area contributed by atoms with Crippen molar-refractivity contribution in [2.75, 3.05) is 5.32 Å². The summed E-state index contributed by atoms with van der Waals surface area (Å²) in [5, 5.41) is 4.84. The number of halogens is 1. The Morgan fingerprint density at radius 2 is 1.70 bits per heavy atom. The van der Waals surface area contributed by atoms with Crippen molar-refractivity contribution in [3.05, 3.63) is 54.7 Å². The highest BCUT2D eigenvalue weighted by Crippen LogP contribution is 2.45. The van der Waals surface area contributed by atoms with Crippen LogP contribution in [0.25, 0.3) is 10.9 Å². The van der Waals surface area contributed by atoms with Crippen LogP contribution >= 0.6 is 11.8 Å². The van der Waals surface area contributed by atoms with Crippen LogP contribution in [-0.4, -0.2) is 0 Å². The number of para-hydroxylation sites is 2. The summed E-state index contributed by atoms with van der Waals surface area (Å²) in [6, 6.07) is 17.0. The number of pyridine rings is 1. The summed E-state index contributed by atoms with van der Waals surface area (Å²) in [5.74, 6) is 0. The Kier molecular flexibility index (Phi) is 3.32. The summed E-state index contributed by atoms with van der Waals surface area (Å²) in [5.41, 5.74) is 3.66. The fourth-order valence-corrected chi connectivity index (χ4v) is 3.64. The van der Waals surface area contributed by atoms with Crippen LogP contribution < -0.4 is 22.3 Å². The Labute approximate surface area is 128 Å². The van der Waals surface area contributed by atoms with Crippen LogP contribution in [0.1, 0.15) is 0 Å². The number of nitrogens with zero attached hydrogens (tertiary/aromatic N) is 1. The monoisotopic (exact) mass is 300 g/mol. The normalized spacial score (nSPS) is 12.1. The van der Waals surface area contributed by atoms with E-state index in [0.717, 1.165) is 0 Å². The molecule has 20 heavy (non-hydrogen) atoms. The third-order valence-electron chi connectivity index (χ3n) is 3.48. The van der Waals surface area contributed by atoms with E-state index in [4.69, 9.17) is 0 Å². The first kappa shape index (κ1) is 13.3. The Balaban J connectivity index is 0.00000121. The van der Waals surface area contributed by atoms with Gasteiger partial charge in [-0.25, -0.2) is 0 Å². The summed E-state index contributed by atoms with van der Waals surface area (Å²) in [6.07, 6.45) is 2.20. The topological polar surface area (TPSA) is 15.9 Å². The minimum absolute atomic E-state index is 0. The van der Waals surface area contributed by atoms with Crippen LogP contribution in [0.15, 0.2) is 64.5 Å². The molecule has 0 saturated heterocycles. The van der Waals surface area contributed by atoms with Gasteiger partial charge in [0.15, 0.2) is 6.20 Å². The third-order valence-corrected chi connectivity index (χ3v) is 4.58. The number of hydrogen-bond acceptors (Lipinski definition) is 2. The molecular formula is C16H13ClN2S. The van der Waals surface area contributed by atoms with Gasteiger partial charge in [-0.1, -0.05) is 36.0 Å². The molecule has 0 radical (unpaired) electrons. The average molecular weight is 301 g/mol. The van der Waals surface area contributed by atoms with E-state index in [1.54, 1.807) is 0 Å². The molecule has 100 valence electrons. The lowest BCUT2D eigenvalue weighted by atomic mass is 10.1. The van der Waals surface area contributed by atoms with Crippen LogP contribution in [0.3, 0.4) is 0 Å². The lowest BCUT2D eigenvalue weighted by molar-refractivity contribution is -0.646. The number of nitrogens with one attached hydrogen (secondary N) is 1. The molecule has 2 aromatic carbocycles.